The summed E-state index contributed by atoms with van der Waals surface area (Å²) in [5.74, 6) is -1.29. The van der Waals surface area contributed by atoms with Crippen molar-refractivity contribution in [2.75, 3.05) is 13.2 Å². The SMILES string of the molecule is CCOP(=O)([O-])OCC(OC(=O)CC)OC(=O)CC. The van der Waals surface area contributed by atoms with E-state index in [9.17, 15) is 19.0 Å². The molecule has 0 aromatic rings. The zero-order valence-corrected chi connectivity index (χ0v) is 12.0. The molecule has 0 heterocycles. The van der Waals surface area contributed by atoms with Crippen molar-refractivity contribution in [1.29, 1.82) is 0 Å². The van der Waals surface area contributed by atoms with E-state index in [1.165, 1.54) is 6.92 Å². The van der Waals surface area contributed by atoms with Crippen molar-refractivity contribution in [1.82, 2.24) is 0 Å². The van der Waals surface area contributed by atoms with E-state index >= 15 is 0 Å². The smallest absolute Gasteiger partial charge is 0.308 e. The van der Waals surface area contributed by atoms with Gasteiger partial charge in [0.15, 0.2) is 0 Å². The fraction of sp³-hybridized carbons (Fsp3) is 0.800. The van der Waals surface area contributed by atoms with Crippen molar-refractivity contribution >= 4 is 19.8 Å². The lowest BCUT2D eigenvalue weighted by Gasteiger charge is -2.24. The van der Waals surface area contributed by atoms with Crippen LogP contribution in [-0.4, -0.2) is 31.4 Å². The Kier molecular flexibility index (Phi) is 8.58. The molecule has 1 atom stereocenters. The highest BCUT2D eigenvalue weighted by Gasteiger charge is 2.21. The van der Waals surface area contributed by atoms with Gasteiger partial charge in [-0.2, -0.15) is 0 Å². The summed E-state index contributed by atoms with van der Waals surface area (Å²) in [6, 6.07) is 0. The van der Waals surface area contributed by atoms with Crippen molar-refractivity contribution < 1.29 is 37.6 Å². The second-order valence-corrected chi connectivity index (χ2v) is 4.69. The summed E-state index contributed by atoms with van der Waals surface area (Å²) in [7, 11) is -4.48. The number of esters is 2. The first-order valence-corrected chi connectivity index (χ1v) is 7.29. The highest BCUT2D eigenvalue weighted by molar-refractivity contribution is 7.45. The van der Waals surface area contributed by atoms with E-state index < -0.39 is 32.7 Å². The fourth-order valence-electron chi connectivity index (χ4n) is 0.900. The van der Waals surface area contributed by atoms with E-state index in [0.29, 0.717) is 0 Å². The first-order valence-electron chi connectivity index (χ1n) is 5.83. The number of phosphoric ester groups is 1. The summed E-state index contributed by atoms with van der Waals surface area (Å²) in [6.07, 6.45) is -1.30. The monoisotopic (exact) mass is 297 g/mol. The maximum Gasteiger partial charge on any atom is 0.308 e. The lowest BCUT2D eigenvalue weighted by Crippen LogP contribution is -2.29. The van der Waals surface area contributed by atoms with Gasteiger partial charge in [-0.25, -0.2) is 0 Å². The van der Waals surface area contributed by atoms with Crippen LogP contribution in [0, 0.1) is 0 Å². The molecule has 0 aromatic carbocycles. The van der Waals surface area contributed by atoms with E-state index in [1.54, 1.807) is 13.8 Å². The van der Waals surface area contributed by atoms with Gasteiger partial charge >= 0.3 is 11.9 Å². The van der Waals surface area contributed by atoms with E-state index in [4.69, 9.17) is 9.47 Å². The Bertz CT molecular complexity index is 324. The highest BCUT2D eigenvalue weighted by Crippen LogP contribution is 2.38. The second-order valence-electron chi connectivity index (χ2n) is 3.28. The molecule has 0 bridgehead atoms. The minimum Gasteiger partial charge on any atom is -0.756 e. The van der Waals surface area contributed by atoms with Crippen molar-refractivity contribution in [2.24, 2.45) is 0 Å². The Morgan fingerprint density at radius 2 is 1.53 bits per heavy atom. The lowest BCUT2D eigenvalue weighted by molar-refractivity contribution is -0.235. The molecule has 1 unspecified atom stereocenters. The highest BCUT2D eigenvalue weighted by atomic mass is 31.2. The van der Waals surface area contributed by atoms with Crippen LogP contribution in [0.25, 0.3) is 0 Å². The molecular formula is C10H18O8P-. The zero-order chi connectivity index (χ0) is 14.9. The van der Waals surface area contributed by atoms with Gasteiger partial charge in [-0.05, 0) is 6.92 Å². The largest absolute Gasteiger partial charge is 0.756 e. The first kappa shape index (κ1) is 18.0. The number of ether oxygens (including phenoxy) is 2. The Morgan fingerprint density at radius 1 is 1.05 bits per heavy atom. The molecule has 0 spiro atoms. The number of phosphoric acid groups is 1. The first-order chi connectivity index (χ1) is 8.84. The molecule has 112 valence electrons. The van der Waals surface area contributed by atoms with Crippen molar-refractivity contribution in [3.8, 4) is 0 Å². The molecule has 0 rings (SSSR count). The van der Waals surface area contributed by atoms with Crippen LogP contribution in [-0.2, 0) is 32.7 Å². The Balaban J connectivity index is 4.45. The van der Waals surface area contributed by atoms with Gasteiger partial charge in [0.1, 0.15) is 6.61 Å². The van der Waals surface area contributed by atoms with Crippen LogP contribution in [0.4, 0.5) is 0 Å². The molecule has 0 radical (unpaired) electrons. The summed E-state index contributed by atoms with van der Waals surface area (Å²) >= 11 is 0. The molecule has 8 nitrogen and oxygen atoms in total. The lowest BCUT2D eigenvalue weighted by atomic mass is 10.5. The van der Waals surface area contributed by atoms with Crippen LogP contribution in [0.1, 0.15) is 33.6 Å². The molecule has 19 heavy (non-hydrogen) atoms. The van der Waals surface area contributed by atoms with E-state index in [1.807, 2.05) is 0 Å². The molecule has 0 N–H and O–H groups in total. The summed E-state index contributed by atoms with van der Waals surface area (Å²) in [4.78, 5) is 33.3. The van der Waals surface area contributed by atoms with Gasteiger partial charge in [0.25, 0.3) is 14.1 Å². The molecule has 0 saturated carbocycles. The van der Waals surface area contributed by atoms with Crippen LogP contribution in [0.2, 0.25) is 0 Å². The van der Waals surface area contributed by atoms with Gasteiger partial charge < -0.3 is 23.4 Å². The third-order valence-electron chi connectivity index (χ3n) is 1.76. The molecular weight excluding hydrogens is 279 g/mol. The van der Waals surface area contributed by atoms with Gasteiger partial charge in [-0.15, -0.1) is 0 Å². The molecule has 0 aliphatic heterocycles. The Labute approximate surface area is 111 Å². The molecule has 0 aromatic heterocycles. The fourth-order valence-corrected chi connectivity index (χ4v) is 1.59. The zero-order valence-electron chi connectivity index (χ0n) is 11.1. The van der Waals surface area contributed by atoms with Crippen molar-refractivity contribution in [2.45, 2.75) is 39.9 Å². The molecule has 0 aliphatic carbocycles. The molecule has 0 aliphatic rings. The summed E-state index contributed by atoms with van der Waals surface area (Å²) < 4.78 is 29.4. The topological polar surface area (TPSA) is 111 Å². The predicted molar refractivity (Wildman–Crippen MR) is 61.7 cm³/mol. The number of rotatable bonds is 9. The Hall–Kier alpha value is -0.950. The van der Waals surface area contributed by atoms with Crippen LogP contribution in [0.3, 0.4) is 0 Å². The summed E-state index contributed by atoms with van der Waals surface area (Å²) in [6.45, 7) is 3.83. The average Bonchev–Trinajstić information content (AvgIpc) is 2.35. The van der Waals surface area contributed by atoms with Gasteiger partial charge in [0.2, 0.25) is 0 Å². The van der Waals surface area contributed by atoms with Gasteiger partial charge in [0.05, 0.1) is 6.61 Å². The van der Waals surface area contributed by atoms with Gasteiger partial charge in [0, 0.05) is 12.8 Å². The van der Waals surface area contributed by atoms with Crippen LogP contribution >= 0.6 is 7.82 Å². The minimum absolute atomic E-state index is 0.0562. The summed E-state index contributed by atoms with van der Waals surface area (Å²) in [5, 5.41) is 0. The second kappa shape index (κ2) is 9.03. The third kappa shape index (κ3) is 8.72. The summed E-state index contributed by atoms with van der Waals surface area (Å²) in [5.41, 5.74) is 0. The van der Waals surface area contributed by atoms with Crippen LogP contribution < -0.4 is 4.89 Å². The number of hydrogen-bond donors (Lipinski definition) is 0. The average molecular weight is 297 g/mol. The normalized spacial score (nSPS) is 13.9. The molecule has 0 amide bonds. The van der Waals surface area contributed by atoms with Crippen molar-refractivity contribution in [3.63, 3.8) is 0 Å². The standard InChI is InChI=1S/C10H19O8P/c1-4-8(11)17-10(18-9(12)5-2)7-16-19(13,14)15-6-3/h10H,4-7H2,1-3H3,(H,13,14)/p-1. The van der Waals surface area contributed by atoms with Crippen LogP contribution in [0.15, 0.2) is 0 Å². The number of carbonyl (C=O) groups excluding carboxylic acids is 2. The maximum absolute atomic E-state index is 11.1. The van der Waals surface area contributed by atoms with E-state index in [2.05, 4.69) is 9.05 Å². The molecule has 0 fully saturated rings. The molecule has 0 saturated heterocycles. The van der Waals surface area contributed by atoms with Gasteiger partial charge in [-0.1, -0.05) is 13.8 Å². The minimum atomic E-state index is -4.48. The third-order valence-corrected chi connectivity index (χ3v) is 2.80. The number of hydrogen-bond acceptors (Lipinski definition) is 8. The van der Waals surface area contributed by atoms with Crippen LogP contribution in [0.5, 0.6) is 0 Å². The quantitative estimate of drug-likeness (QED) is 0.348. The van der Waals surface area contributed by atoms with E-state index in [-0.39, 0.29) is 19.4 Å². The van der Waals surface area contributed by atoms with Crippen molar-refractivity contribution in [3.05, 3.63) is 0 Å². The molecule has 9 heteroatoms. The predicted octanol–water partition coefficient (Wildman–Crippen LogP) is 0.740. The van der Waals surface area contributed by atoms with Gasteiger partial charge in [-0.3, -0.25) is 14.2 Å². The van der Waals surface area contributed by atoms with E-state index in [0.717, 1.165) is 0 Å². The number of carbonyl (C=O) groups is 2. The Morgan fingerprint density at radius 3 is 1.89 bits per heavy atom. The maximum atomic E-state index is 11.1.